The second-order valence-electron chi connectivity index (χ2n) is 5.66. The molecule has 21 heavy (non-hydrogen) atoms. The average molecular weight is 283 g/mol. The van der Waals surface area contributed by atoms with Crippen LogP contribution in [-0.4, -0.2) is 29.1 Å². The Labute approximate surface area is 125 Å². The van der Waals surface area contributed by atoms with Gasteiger partial charge in [-0.25, -0.2) is 4.98 Å². The van der Waals surface area contributed by atoms with E-state index in [1.807, 2.05) is 19.1 Å². The molecule has 1 aromatic carbocycles. The minimum atomic E-state index is 0.172. The molecule has 1 aromatic heterocycles. The lowest BCUT2D eigenvalue weighted by Gasteiger charge is -2.17. The van der Waals surface area contributed by atoms with Gasteiger partial charge in [0.15, 0.2) is 0 Å². The summed E-state index contributed by atoms with van der Waals surface area (Å²) in [5, 5.41) is 0. The number of hydrogen-bond donors (Lipinski definition) is 1. The number of rotatable bonds is 4. The first-order chi connectivity index (χ1) is 10.2. The number of benzene rings is 1. The highest BCUT2D eigenvalue weighted by Gasteiger charge is 2.24. The average Bonchev–Trinajstić information content (AvgIpc) is 2.90. The molecule has 0 aliphatic carbocycles. The third-order valence-corrected chi connectivity index (χ3v) is 3.77. The molecule has 0 bridgehead atoms. The predicted octanol–water partition coefficient (Wildman–Crippen LogP) is 2.63. The molecule has 1 fully saturated rings. The first-order valence-electron chi connectivity index (χ1n) is 7.36. The molecule has 2 heterocycles. The summed E-state index contributed by atoms with van der Waals surface area (Å²) in [5.74, 6) is 0.562. The summed E-state index contributed by atoms with van der Waals surface area (Å²) >= 11 is 0. The highest BCUT2D eigenvalue weighted by molar-refractivity contribution is 5.49. The molecule has 3 rings (SSSR count). The van der Waals surface area contributed by atoms with Crippen LogP contribution in [0.3, 0.4) is 0 Å². The maximum atomic E-state index is 5.96. The van der Waals surface area contributed by atoms with Gasteiger partial charge in [-0.15, -0.1) is 0 Å². The van der Waals surface area contributed by atoms with Crippen LogP contribution in [0.15, 0.2) is 42.6 Å². The number of hydrogen-bond acceptors (Lipinski definition) is 4. The first kappa shape index (κ1) is 13.9. The lowest BCUT2D eigenvalue weighted by molar-refractivity contribution is 0.192. The largest absolute Gasteiger partial charge is 0.471 e. The number of nitrogens with two attached hydrogens (primary N) is 1. The Bertz CT molecular complexity index is 600. The van der Waals surface area contributed by atoms with Crippen LogP contribution in [0.1, 0.15) is 17.5 Å². The van der Waals surface area contributed by atoms with Gasteiger partial charge in [-0.3, -0.25) is 4.90 Å². The molecular weight excluding hydrogens is 262 g/mol. The van der Waals surface area contributed by atoms with Crippen LogP contribution >= 0.6 is 0 Å². The van der Waals surface area contributed by atoms with Crippen LogP contribution in [0.25, 0.3) is 0 Å². The van der Waals surface area contributed by atoms with Crippen LogP contribution in [-0.2, 0) is 6.54 Å². The van der Waals surface area contributed by atoms with E-state index in [0.29, 0.717) is 11.6 Å². The standard InChI is InChI=1S/C17H21N3O/c1-13-9-16(18)17(19-10-13)21-15-7-8-20(12-15)11-14-5-3-2-4-6-14/h2-6,9-10,15H,7-8,11-12,18H2,1H3. The summed E-state index contributed by atoms with van der Waals surface area (Å²) in [5.41, 5.74) is 8.97. The Kier molecular flexibility index (Phi) is 4.06. The molecule has 0 spiro atoms. The summed E-state index contributed by atoms with van der Waals surface area (Å²) < 4.78 is 5.95. The Balaban J connectivity index is 1.57. The number of aryl methyl sites for hydroxylation is 1. The molecule has 1 aliphatic heterocycles. The van der Waals surface area contributed by atoms with Crippen LogP contribution < -0.4 is 10.5 Å². The van der Waals surface area contributed by atoms with Gasteiger partial charge in [0.2, 0.25) is 5.88 Å². The van der Waals surface area contributed by atoms with Crippen LogP contribution in [0.2, 0.25) is 0 Å². The summed E-state index contributed by atoms with van der Waals surface area (Å²) in [6, 6.07) is 12.4. The molecule has 0 amide bonds. The molecule has 1 unspecified atom stereocenters. The number of nitrogens with zero attached hydrogens (tertiary/aromatic N) is 2. The van der Waals surface area contributed by atoms with E-state index in [9.17, 15) is 0 Å². The number of anilines is 1. The zero-order valence-corrected chi connectivity index (χ0v) is 12.3. The van der Waals surface area contributed by atoms with E-state index in [2.05, 4.69) is 34.1 Å². The van der Waals surface area contributed by atoms with E-state index >= 15 is 0 Å². The van der Waals surface area contributed by atoms with Crippen molar-refractivity contribution in [2.24, 2.45) is 0 Å². The third kappa shape index (κ3) is 3.52. The van der Waals surface area contributed by atoms with E-state index in [4.69, 9.17) is 10.5 Å². The first-order valence-corrected chi connectivity index (χ1v) is 7.36. The maximum absolute atomic E-state index is 5.96. The van der Waals surface area contributed by atoms with Gasteiger partial charge in [-0.05, 0) is 30.5 Å². The van der Waals surface area contributed by atoms with Crippen molar-refractivity contribution >= 4 is 5.69 Å². The molecule has 1 atom stereocenters. The lowest BCUT2D eigenvalue weighted by atomic mass is 10.2. The number of ether oxygens (including phenoxy) is 1. The highest BCUT2D eigenvalue weighted by Crippen LogP contribution is 2.23. The third-order valence-electron chi connectivity index (χ3n) is 3.77. The Morgan fingerprint density at radius 2 is 2.14 bits per heavy atom. The summed E-state index contributed by atoms with van der Waals surface area (Å²) in [7, 11) is 0. The normalized spacial score (nSPS) is 18.8. The fraction of sp³-hybridized carbons (Fsp3) is 0.353. The minimum Gasteiger partial charge on any atom is -0.471 e. The smallest absolute Gasteiger partial charge is 0.237 e. The molecular formula is C17H21N3O. The molecule has 4 nitrogen and oxygen atoms in total. The number of pyridine rings is 1. The van der Waals surface area contributed by atoms with Crippen molar-refractivity contribution < 1.29 is 4.74 Å². The van der Waals surface area contributed by atoms with Gasteiger partial charge in [0.25, 0.3) is 0 Å². The Morgan fingerprint density at radius 1 is 1.33 bits per heavy atom. The zero-order valence-electron chi connectivity index (χ0n) is 12.3. The fourth-order valence-electron chi connectivity index (χ4n) is 2.71. The molecule has 0 radical (unpaired) electrons. The van der Waals surface area contributed by atoms with E-state index in [0.717, 1.165) is 31.6 Å². The van der Waals surface area contributed by atoms with Crippen molar-refractivity contribution in [2.45, 2.75) is 26.0 Å². The van der Waals surface area contributed by atoms with Gasteiger partial charge in [0.05, 0.1) is 5.69 Å². The van der Waals surface area contributed by atoms with Gasteiger partial charge in [-0.2, -0.15) is 0 Å². The Hall–Kier alpha value is -2.07. The SMILES string of the molecule is Cc1cnc(OC2CCN(Cc3ccccc3)C2)c(N)c1. The summed E-state index contributed by atoms with van der Waals surface area (Å²) in [6.45, 7) is 4.91. The Morgan fingerprint density at radius 3 is 2.90 bits per heavy atom. The summed E-state index contributed by atoms with van der Waals surface area (Å²) in [6.07, 6.45) is 2.98. The van der Waals surface area contributed by atoms with Crippen molar-refractivity contribution in [1.29, 1.82) is 0 Å². The second-order valence-corrected chi connectivity index (χ2v) is 5.66. The fourth-order valence-corrected chi connectivity index (χ4v) is 2.71. The van der Waals surface area contributed by atoms with Crippen molar-refractivity contribution in [3.05, 3.63) is 53.7 Å². The molecule has 1 saturated heterocycles. The van der Waals surface area contributed by atoms with E-state index in [1.54, 1.807) is 6.20 Å². The summed E-state index contributed by atoms with van der Waals surface area (Å²) in [4.78, 5) is 6.69. The molecule has 110 valence electrons. The molecule has 1 aliphatic rings. The van der Waals surface area contributed by atoms with E-state index < -0.39 is 0 Å². The van der Waals surface area contributed by atoms with Crippen molar-refractivity contribution in [2.75, 3.05) is 18.8 Å². The van der Waals surface area contributed by atoms with Gasteiger partial charge in [0.1, 0.15) is 6.10 Å². The van der Waals surface area contributed by atoms with Gasteiger partial charge in [0, 0.05) is 25.8 Å². The monoisotopic (exact) mass is 283 g/mol. The molecule has 2 aromatic rings. The van der Waals surface area contributed by atoms with Crippen molar-refractivity contribution in [3.8, 4) is 5.88 Å². The molecule has 2 N–H and O–H groups in total. The highest BCUT2D eigenvalue weighted by atomic mass is 16.5. The quantitative estimate of drug-likeness (QED) is 0.937. The topological polar surface area (TPSA) is 51.4 Å². The lowest BCUT2D eigenvalue weighted by Crippen LogP contribution is -2.25. The van der Waals surface area contributed by atoms with Gasteiger partial charge >= 0.3 is 0 Å². The number of likely N-dealkylation sites (tertiary alicyclic amines) is 1. The predicted molar refractivity (Wildman–Crippen MR) is 84.1 cm³/mol. The van der Waals surface area contributed by atoms with E-state index in [1.165, 1.54) is 5.56 Å². The zero-order chi connectivity index (χ0) is 14.7. The number of aromatic nitrogens is 1. The van der Waals surface area contributed by atoms with Crippen molar-refractivity contribution in [3.63, 3.8) is 0 Å². The van der Waals surface area contributed by atoms with Crippen LogP contribution in [0.4, 0.5) is 5.69 Å². The van der Waals surface area contributed by atoms with Crippen molar-refractivity contribution in [1.82, 2.24) is 9.88 Å². The second kappa shape index (κ2) is 6.14. The maximum Gasteiger partial charge on any atom is 0.237 e. The molecule has 0 saturated carbocycles. The minimum absolute atomic E-state index is 0.172. The number of nitrogen functional groups attached to an aromatic ring is 1. The van der Waals surface area contributed by atoms with Crippen LogP contribution in [0, 0.1) is 6.92 Å². The van der Waals surface area contributed by atoms with E-state index in [-0.39, 0.29) is 6.10 Å². The van der Waals surface area contributed by atoms with Gasteiger partial charge in [-0.1, -0.05) is 30.3 Å². The molecule has 4 heteroatoms. The van der Waals surface area contributed by atoms with Crippen LogP contribution in [0.5, 0.6) is 5.88 Å². The van der Waals surface area contributed by atoms with Gasteiger partial charge < -0.3 is 10.5 Å².